The molecular formula is C14H23N3O2. The van der Waals surface area contributed by atoms with E-state index in [1.165, 1.54) is 12.8 Å². The highest BCUT2D eigenvalue weighted by atomic mass is 16.5. The maximum Gasteiger partial charge on any atom is 0.316 e. The summed E-state index contributed by atoms with van der Waals surface area (Å²) < 4.78 is 10.8. The average molecular weight is 265 g/mol. The van der Waals surface area contributed by atoms with Crippen LogP contribution in [0.3, 0.4) is 0 Å². The van der Waals surface area contributed by atoms with Crippen molar-refractivity contribution in [2.24, 2.45) is 0 Å². The Bertz CT molecular complexity index is 394. The maximum atomic E-state index is 5.46. The molecule has 1 aliphatic carbocycles. The monoisotopic (exact) mass is 265 g/mol. The molecule has 0 radical (unpaired) electrons. The summed E-state index contributed by atoms with van der Waals surface area (Å²) in [6.45, 7) is 6.78. The van der Waals surface area contributed by atoms with Crippen molar-refractivity contribution in [1.29, 1.82) is 0 Å². The van der Waals surface area contributed by atoms with Gasteiger partial charge in [-0.25, -0.2) is 9.97 Å². The normalized spacial score (nSPS) is 14.6. The minimum absolute atomic E-state index is 0.438. The number of nitrogens with one attached hydrogen (secondary N) is 1. The Morgan fingerprint density at radius 2 is 2.16 bits per heavy atom. The van der Waals surface area contributed by atoms with Gasteiger partial charge >= 0.3 is 6.01 Å². The van der Waals surface area contributed by atoms with E-state index in [0.717, 1.165) is 30.8 Å². The topological polar surface area (TPSA) is 56.3 Å². The van der Waals surface area contributed by atoms with Crippen molar-refractivity contribution in [1.82, 2.24) is 15.3 Å². The van der Waals surface area contributed by atoms with E-state index in [1.54, 1.807) is 0 Å². The summed E-state index contributed by atoms with van der Waals surface area (Å²) in [5.41, 5.74) is 2.12. The smallest absolute Gasteiger partial charge is 0.316 e. The van der Waals surface area contributed by atoms with Crippen LogP contribution >= 0.6 is 0 Å². The predicted octanol–water partition coefficient (Wildman–Crippen LogP) is 1.84. The lowest BCUT2D eigenvalue weighted by Gasteiger charge is -2.09. The van der Waals surface area contributed by atoms with E-state index >= 15 is 0 Å². The lowest BCUT2D eigenvalue weighted by atomic mass is 10.2. The number of rotatable bonds is 9. The molecule has 1 aromatic rings. The SMILES string of the molecule is CCCOCCOc1ncc(CNC2CC2)c(C)n1. The van der Waals surface area contributed by atoms with Gasteiger partial charge in [-0.2, -0.15) is 0 Å². The van der Waals surface area contributed by atoms with Crippen LogP contribution in [-0.4, -0.2) is 35.8 Å². The predicted molar refractivity (Wildman–Crippen MR) is 73.2 cm³/mol. The molecule has 106 valence electrons. The van der Waals surface area contributed by atoms with Crippen molar-refractivity contribution in [2.45, 2.75) is 45.7 Å². The fourth-order valence-electron chi connectivity index (χ4n) is 1.69. The van der Waals surface area contributed by atoms with Crippen LogP contribution in [0.4, 0.5) is 0 Å². The molecule has 5 nitrogen and oxygen atoms in total. The summed E-state index contributed by atoms with van der Waals surface area (Å²) >= 11 is 0. The van der Waals surface area contributed by atoms with Crippen molar-refractivity contribution >= 4 is 0 Å². The summed E-state index contributed by atoms with van der Waals surface area (Å²) in [6, 6.07) is 1.14. The first kappa shape index (κ1) is 14.2. The third-order valence-corrected chi connectivity index (χ3v) is 3.02. The van der Waals surface area contributed by atoms with E-state index in [2.05, 4.69) is 22.2 Å². The van der Waals surface area contributed by atoms with Gasteiger partial charge in [-0.15, -0.1) is 0 Å². The van der Waals surface area contributed by atoms with Crippen molar-refractivity contribution in [3.8, 4) is 6.01 Å². The third-order valence-electron chi connectivity index (χ3n) is 3.02. The molecule has 1 aliphatic rings. The van der Waals surface area contributed by atoms with Crippen LogP contribution in [0.25, 0.3) is 0 Å². The quantitative estimate of drug-likeness (QED) is 0.690. The minimum Gasteiger partial charge on any atom is -0.461 e. The van der Waals surface area contributed by atoms with E-state index in [0.29, 0.717) is 25.3 Å². The Morgan fingerprint density at radius 3 is 2.84 bits per heavy atom. The average Bonchev–Trinajstić information content (AvgIpc) is 3.21. The second kappa shape index (κ2) is 7.40. The zero-order chi connectivity index (χ0) is 13.5. The number of aryl methyl sites for hydroxylation is 1. The molecule has 0 aliphatic heterocycles. The molecule has 0 saturated heterocycles. The molecule has 0 amide bonds. The molecule has 1 fully saturated rings. The lowest BCUT2D eigenvalue weighted by molar-refractivity contribution is 0.0971. The Labute approximate surface area is 114 Å². The number of nitrogens with zero attached hydrogens (tertiary/aromatic N) is 2. The van der Waals surface area contributed by atoms with Gasteiger partial charge in [0.1, 0.15) is 6.61 Å². The molecule has 1 heterocycles. The highest BCUT2D eigenvalue weighted by Crippen LogP contribution is 2.19. The van der Waals surface area contributed by atoms with Crippen LogP contribution in [0.15, 0.2) is 6.20 Å². The van der Waals surface area contributed by atoms with Crippen LogP contribution in [0, 0.1) is 6.92 Å². The molecule has 1 saturated carbocycles. The summed E-state index contributed by atoms with van der Waals surface area (Å²) in [5.74, 6) is 0. The van der Waals surface area contributed by atoms with Gasteiger partial charge in [0.05, 0.1) is 6.61 Å². The van der Waals surface area contributed by atoms with Crippen LogP contribution in [0.2, 0.25) is 0 Å². The van der Waals surface area contributed by atoms with Crippen LogP contribution in [0.1, 0.15) is 37.4 Å². The van der Waals surface area contributed by atoms with Crippen LogP contribution < -0.4 is 10.1 Å². The molecule has 0 unspecified atom stereocenters. The maximum absolute atomic E-state index is 5.46. The Morgan fingerprint density at radius 1 is 1.32 bits per heavy atom. The van der Waals surface area contributed by atoms with Gasteiger partial charge in [-0.05, 0) is 26.2 Å². The van der Waals surface area contributed by atoms with E-state index in [9.17, 15) is 0 Å². The number of hydrogen-bond donors (Lipinski definition) is 1. The minimum atomic E-state index is 0.438. The first-order chi connectivity index (χ1) is 9.29. The molecule has 1 N–H and O–H groups in total. The van der Waals surface area contributed by atoms with Crippen molar-refractivity contribution < 1.29 is 9.47 Å². The van der Waals surface area contributed by atoms with Gasteiger partial charge in [-0.1, -0.05) is 6.92 Å². The molecular weight excluding hydrogens is 242 g/mol. The zero-order valence-corrected chi connectivity index (χ0v) is 11.8. The molecule has 2 rings (SSSR count). The third kappa shape index (κ3) is 5.12. The number of aromatic nitrogens is 2. The fraction of sp³-hybridized carbons (Fsp3) is 0.714. The Kier molecular flexibility index (Phi) is 5.54. The summed E-state index contributed by atoms with van der Waals surface area (Å²) in [7, 11) is 0. The molecule has 5 heteroatoms. The second-order valence-corrected chi connectivity index (χ2v) is 4.88. The molecule has 1 aromatic heterocycles. The Balaban J connectivity index is 1.73. The number of hydrogen-bond acceptors (Lipinski definition) is 5. The van der Waals surface area contributed by atoms with Gasteiger partial charge in [0, 0.05) is 36.6 Å². The zero-order valence-electron chi connectivity index (χ0n) is 11.8. The lowest BCUT2D eigenvalue weighted by Crippen LogP contribution is -2.17. The number of ether oxygens (including phenoxy) is 2. The first-order valence-electron chi connectivity index (χ1n) is 7.06. The van der Waals surface area contributed by atoms with Crippen molar-refractivity contribution in [2.75, 3.05) is 19.8 Å². The first-order valence-corrected chi connectivity index (χ1v) is 7.06. The van der Waals surface area contributed by atoms with Crippen LogP contribution in [-0.2, 0) is 11.3 Å². The molecule has 0 spiro atoms. The van der Waals surface area contributed by atoms with E-state index < -0.39 is 0 Å². The molecule has 0 bridgehead atoms. The second-order valence-electron chi connectivity index (χ2n) is 4.88. The van der Waals surface area contributed by atoms with Gasteiger partial charge < -0.3 is 14.8 Å². The largest absolute Gasteiger partial charge is 0.461 e. The summed E-state index contributed by atoms with van der Waals surface area (Å²) in [4.78, 5) is 8.59. The molecule has 19 heavy (non-hydrogen) atoms. The summed E-state index contributed by atoms with van der Waals surface area (Å²) in [5, 5.41) is 3.46. The van der Waals surface area contributed by atoms with Gasteiger partial charge in [0.2, 0.25) is 0 Å². The van der Waals surface area contributed by atoms with E-state index in [1.807, 2.05) is 13.1 Å². The van der Waals surface area contributed by atoms with Gasteiger partial charge in [0.15, 0.2) is 0 Å². The molecule has 0 atom stereocenters. The van der Waals surface area contributed by atoms with Crippen molar-refractivity contribution in [3.05, 3.63) is 17.5 Å². The standard InChI is InChI=1S/C14H23N3O2/c1-3-6-18-7-8-19-14-16-10-12(11(2)17-14)9-15-13-4-5-13/h10,13,15H,3-9H2,1-2H3. The van der Waals surface area contributed by atoms with Crippen LogP contribution in [0.5, 0.6) is 6.01 Å². The van der Waals surface area contributed by atoms with Crippen molar-refractivity contribution in [3.63, 3.8) is 0 Å². The molecule has 0 aromatic carbocycles. The highest BCUT2D eigenvalue weighted by Gasteiger charge is 2.20. The fourth-order valence-corrected chi connectivity index (χ4v) is 1.69. The van der Waals surface area contributed by atoms with E-state index in [-0.39, 0.29) is 0 Å². The summed E-state index contributed by atoms with van der Waals surface area (Å²) in [6.07, 6.45) is 5.45. The highest BCUT2D eigenvalue weighted by molar-refractivity contribution is 5.17. The Hall–Kier alpha value is -1.20. The van der Waals surface area contributed by atoms with E-state index in [4.69, 9.17) is 9.47 Å². The van der Waals surface area contributed by atoms with Gasteiger partial charge in [-0.3, -0.25) is 0 Å². The van der Waals surface area contributed by atoms with Gasteiger partial charge in [0.25, 0.3) is 0 Å².